The van der Waals surface area contributed by atoms with Crippen molar-refractivity contribution in [2.45, 2.75) is 32.7 Å². The number of nitrogens with zero attached hydrogens (tertiary/aromatic N) is 1. The molecule has 0 heterocycles. The van der Waals surface area contributed by atoms with E-state index in [0.29, 0.717) is 19.6 Å². The molecule has 0 spiro atoms. The van der Waals surface area contributed by atoms with Crippen molar-refractivity contribution in [1.82, 2.24) is 5.32 Å². The fourth-order valence-corrected chi connectivity index (χ4v) is 4.14. The zero-order chi connectivity index (χ0) is 21.4. The molecule has 2 aromatic rings. The van der Waals surface area contributed by atoms with Crippen LogP contribution in [0, 0.1) is 5.82 Å². The van der Waals surface area contributed by atoms with Crippen LogP contribution in [0.1, 0.15) is 25.8 Å². The Balaban J connectivity index is 1.91. The first-order valence-corrected chi connectivity index (χ1v) is 11.3. The van der Waals surface area contributed by atoms with Crippen LogP contribution in [0.2, 0.25) is 0 Å². The van der Waals surface area contributed by atoms with Crippen LogP contribution >= 0.6 is 0 Å². The van der Waals surface area contributed by atoms with E-state index in [1.165, 1.54) is 19.1 Å². The molecule has 2 aromatic carbocycles. The number of halogens is 1. The first kappa shape index (κ1) is 22.7. The Morgan fingerprint density at radius 2 is 1.76 bits per heavy atom. The van der Waals surface area contributed by atoms with E-state index < -0.39 is 27.8 Å². The van der Waals surface area contributed by atoms with Crippen molar-refractivity contribution in [2.24, 2.45) is 0 Å². The maximum atomic E-state index is 13.2. The molecular formula is C21H27FN2O4S. The van der Waals surface area contributed by atoms with Crippen LogP contribution in [-0.4, -0.2) is 39.8 Å². The van der Waals surface area contributed by atoms with Crippen molar-refractivity contribution < 1.29 is 22.3 Å². The molecule has 0 saturated carbocycles. The molecule has 2 rings (SSSR count). The molecule has 29 heavy (non-hydrogen) atoms. The van der Waals surface area contributed by atoms with Gasteiger partial charge in [0, 0.05) is 6.54 Å². The number of ether oxygens (including phenoxy) is 1. The van der Waals surface area contributed by atoms with Gasteiger partial charge in [0.25, 0.3) is 0 Å². The highest BCUT2D eigenvalue weighted by atomic mass is 32.2. The molecule has 0 aliphatic rings. The highest BCUT2D eigenvalue weighted by Gasteiger charge is 2.28. The summed E-state index contributed by atoms with van der Waals surface area (Å²) in [7, 11) is -3.72. The molecular weight excluding hydrogens is 395 g/mol. The van der Waals surface area contributed by atoms with E-state index in [0.717, 1.165) is 40.4 Å². The third-order valence-corrected chi connectivity index (χ3v) is 5.59. The quantitative estimate of drug-likeness (QED) is 0.597. The smallest absolute Gasteiger partial charge is 0.243 e. The summed E-state index contributed by atoms with van der Waals surface area (Å²) in [5.41, 5.74) is 1.37. The lowest BCUT2D eigenvalue weighted by atomic mass is 10.1. The predicted molar refractivity (Wildman–Crippen MR) is 112 cm³/mol. The second-order valence-electron chi connectivity index (χ2n) is 6.68. The number of rotatable bonds is 10. The van der Waals surface area contributed by atoms with Crippen molar-refractivity contribution in [3.63, 3.8) is 0 Å². The van der Waals surface area contributed by atoms with Crippen LogP contribution in [0.5, 0.6) is 5.75 Å². The summed E-state index contributed by atoms with van der Waals surface area (Å²) in [6.45, 7) is 4.47. The largest absolute Gasteiger partial charge is 0.494 e. The number of carbonyl (C=O) groups excluding carboxylic acids is 1. The maximum Gasteiger partial charge on any atom is 0.243 e. The monoisotopic (exact) mass is 422 g/mol. The molecule has 0 radical (unpaired) electrons. The number of anilines is 1. The average Bonchev–Trinajstić information content (AvgIpc) is 2.67. The topological polar surface area (TPSA) is 75.7 Å². The van der Waals surface area contributed by atoms with E-state index in [4.69, 9.17) is 4.74 Å². The summed E-state index contributed by atoms with van der Waals surface area (Å²) >= 11 is 0. The lowest BCUT2D eigenvalue weighted by molar-refractivity contribution is -0.121. The van der Waals surface area contributed by atoms with Gasteiger partial charge in [-0.15, -0.1) is 0 Å². The van der Waals surface area contributed by atoms with E-state index >= 15 is 0 Å². The fourth-order valence-electron chi connectivity index (χ4n) is 2.97. The highest BCUT2D eigenvalue weighted by molar-refractivity contribution is 7.92. The molecule has 0 aromatic heterocycles. The molecule has 6 nitrogen and oxygen atoms in total. The zero-order valence-electron chi connectivity index (χ0n) is 16.9. The molecule has 1 N–H and O–H groups in total. The fraction of sp³-hybridized carbons (Fsp3) is 0.381. The van der Waals surface area contributed by atoms with E-state index in [-0.39, 0.29) is 5.69 Å². The number of sulfonamides is 1. The van der Waals surface area contributed by atoms with Crippen LogP contribution in [-0.2, 0) is 21.2 Å². The van der Waals surface area contributed by atoms with Crippen molar-refractivity contribution in [3.8, 4) is 5.75 Å². The van der Waals surface area contributed by atoms with Crippen molar-refractivity contribution in [1.29, 1.82) is 0 Å². The Morgan fingerprint density at radius 3 is 2.31 bits per heavy atom. The van der Waals surface area contributed by atoms with Crippen LogP contribution in [0.3, 0.4) is 0 Å². The number of nitrogens with one attached hydrogen (secondary N) is 1. The van der Waals surface area contributed by atoms with Gasteiger partial charge in [-0.05, 0) is 68.7 Å². The number of hydrogen-bond acceptors (Lipinski definition) is 4. The van der Waals surface area contributed by atoms with Gasteiger partial charge in [-0.2, -0.15) is 0 Å². The van der Waals surface area contributed by atoms with Gasteiger partial charge in [-0.1, -0.05) is 12.1 Å². The van der Waals surface area contributed by atoms with E-state index in [1.807, 2.05) is 31.2 Å². The molecule has 8 heteroatoms. The van der Waals surface area contributed by atoms with E-state index in [2.05, 4.69) is 5.32 Å². The van der Waals surface area contributed by atoms with Crippen molar-refractivity contribution in [3.05, 3.63) is 59.9 Å². The molecule has 1 atom stereocenters. The number of hydrogen-bond donors (Lipinski definition) is 1. The Bertz CT molecular complexity index is 899. The summed E-state index contributed by atoms with van der Waals surface area (Å²) in [6, 6.07) is 11.8. The SMILES string of the molecule is CCOc1ccc(CCCNC(=O)C(C)N(c2ccc(F)cc2)S(C)(=O)=O)cc1. The number of amides is 1. The molecule has 0 aliphatic heterocycles. The van der Waals surface area contributed by atoms with Gasteiger partial charge < -0.3 is 10.1 Å². The van der Waals surface area contributed by atoms with Gasteiger partial charge in [0.1, 0.15) is 17.6 Å². The molecule has 1 amide bonds. The Labute approximate surface area is 171 Å². The third-order valence-electron chi connectivity index (χ3n) is 4.35. The average molecular weight is 423 g/mol. The maximum absolute atomic E-state index is 13.2. The van der Waals surface area contributed by atoms with Gasteiger partial charge >= 0.3 is 0 Å². The lowest BCUT2D eigenvalue weighted by Crippen LogP contribution is -2.48. The van der Waals surface area contributed by atoms with Gasteiger partial charge in [0.2, 0.25) is 15.9 Å². The van der Waals surface area contributed by atoms with E-state index in [9.17, 15) is 17.6 Å². The summed E-state index contributed by atoms with van der Waals surface area (Å²) in [6.07, 6.45) is 2.50. The first-order valence-electron chi connectivity index (χ1n) is 9.46. The lowest BCUT2D eigenvalue weighted by Gasteiger charge is -2.28. The van der Waals surface area contributed by atoms with Gasteiger partial charge in [-0.3, -0.25) is 9.10 Å². The number of benzene rings is 2. The highest BCUT2D eigenvalue weighted by Crippen LogP contribution is 2.21. The van der Waals surface area contributed by atoms with Crippen LogP contribution in [0.25, 0.3) is 0 Å². The minimum atomic E-state index is -3.72. The van der Waals surface area contributed by atoms with Gasteiger partial charge in [-0.25, -0.2) is 12.8 Å². The number of aryl methyl sites for hydroxylation is 1. The molecule has 158 valence electrons. The molecule has 0 aliphatic carbocycles. The molecule has 0 bridgehead atoms. The van der Waals surface area contributed by atoms with Crippen LogP contribution < -0.4 is 14.4 Å². The minimum Gasteiger partial charge on any atom is -0.494 e. The number of carbonyl (C=O) groups is 1. The van der Waals surface area contributed by atoms with Gasteiger partial charge in [0.15, 0.2) is 0 Å². The minimum absolute atomic E-state index is 0.242. The second-order valence-corrected chi connectivity index (χ2v) is 8.54. The summed E-state index contributed by atoms with van der Waals surface area (Å²) in [5.74, 6) is -0.0694. The molecule has 0 saturated heterocycles. The Kier molecular flexibility index (Phi) is 8.01. The summed E-state index contributed by atoms with van der Waals surface area (Å²) < 4.78 is 43.9. The first-order chi connectivity index (χ1) is 13.7. The normalized spacial score (nSPS) is 12.3. The molecule has 0 fully saturated rings. The summed E-state index contributed by atoms with van der Waals surface area (Å²) in [5, 5.41) is 2.77. The Morgan fingerprint density at radius 1 is 1.14 bits per heavy atom. The standard InChI is InChI=1S/C21H27FN2O4S/c1-4-28-20-13-7-17(8-14-20)6-5-15-23-21(25)16(2)24(29(3,26)27)19-11-9-18(22)10-12-19/h7-14,16H,4-6,15H2,1-3H3,(H,23,25). The third kappa shape index (κ3) is 6.74. The summed E-state index contributed by atoms with van der Waals surface area (Å²) in [4.78, 5) is 12.5. The van der Waals surface area contributed by atoms with Crippen molar-refractivity contribution in [2.75, 3.05) is 23.7 Å². The van der Waals surface area contributed by atoms with Crippen LogP contribution in [0.15, 0.2) is 48.5 Å². The van der Waals surface area contributed by atoms with Crippen LogP contribution in [0.4, 0.5) is 10.1 Å². The van der Waals surface area contributed by atoms with E-state index in [1.54, 1.807) is 0 Å². The predicted octanol–water partition coefficient (Wildman–Crippen LogP) is 3.13. The van der Waals surface area contributed by atoms with Crippen molar-refractivity contribution >= 4 is 21.6 Å². The zero-order valence-corrected chi connectivity index (χ0v) is 17.7. The second kappa shape index (κ2) is 10.2. The van der Waals surface area contributed by atoms with Gasteiger partial charge in [0.05, 0.1) is 18.6 Å². The molecule has 1 unspecified atom stereocenters. The Hall–Kier alpha value is -2.61.